The van der Waals surface area contributed by atoms with Crippen LogP contribution in [0.5, 0.6) is 5.75 Å². The molecule has 1 amide bonds. The Balaban J connectivity index is 0.00000208. The van der Waals surface area contributed by atoms with Crippen molar-refractivity contribution in [3.05, 3.63) is 33.9 Å². The second-order valence-electron chi connectivity index (χ2n) is 6.38. The van der Waals surface area contributed by atoms with Crippen LogP contribution in [0.2, 0.25) is 0 Å². The van der Waals surface area contributed by atoms with Gasteiger partial charge in [-0.15, -0.1) is 12.4 Å². The Labute approximate surface area is 146 Å². The summed E-state index contributed by atoms with van der Waals surface area (Å²) in [4.78, 5) is 24.2. The molecule has 0 radical (unpaired) electrons. The Morgan fingerprint density at radius 3 is 2.50 bits per heavy atom. The quantitative estimate of drug-likeness (QED) is 0.624. The Morgan fingerprint density at radius 1 is 1.29 bits per heavy atom. The van der Waals surface area contributed by atoms with E-state index >= 15 is 0 Å². The molecule has 2 N–H and O–H groups in total. The van der Waals surface area contributed by atoms with Crippen molar-refractivity contribution in [1.82, 2.24) is 10.2 Å². The number of carbonyl (C=O) groups excluding carboxylic acids is 1. The van der Waals surface area contributed by atoms with E-state index in [9.17, 15) is 20.0 Å². The van der Waals surface area contributed by atoms with Gasteiger partial charge in [0.15, 0.2) is 5.75 Å². The first-order chi connectivity index (χ1) is 11.0. The van der Waals surface area contributed by atoms with E-state index in [1.807, 2.05) is 0 Å². The number of aromatic hydroxyl groups is 1. The molecular weight excluding hydrogens is 334 g/mol. The molecule has 1 saturated carbocycles. The van der Waals surface area contributed by atoms with Gasteiger partial charge in [0.1, 0.15) is 0 Å². The second kappa shape index (κ2) is 7.81. The maximum Gasteiger partial charge on any atom is 0.310 e. The number of benzene rings is 1. The normalized spacial score (nSPS) is 18.1. The third-order valence-electron chi connectivity index (χ3n) is 4.59. The first-order valence-electron chi connectivity index (χ1n) is 8.04. The summed E-state index contributed by atoms with van der Waals surface area (Å²) in [5.74, 6) is 0.190. The lowest BCUT2D eigenvalue weighted by Crippen LogP contribution is -2.45. The Hall–Kier alpha value is -1.86. The van der Waals surface area contributed by atoms with Gasteiger partial charge in [-0.1, -0.05) is 0 Å². The molecule has 1 saturated heterocycles. The molecule has 3 rings (SSSR count). The van der Waals surface area contributed by atoms with E-state index in [2.05, 4.69) is 5.32 Å². The highest BCUT2D eigenvalue weighted by molar-refractivity contribution is 5.95. The van der Waals surface area contributed by atoms with Gasteiger partial charge in [0.2, 0.25) is 0 Å². The topological polar surface area (TPSA) is 95.7 Å². The minimum Gasteiger partial charge on any atom is -0.502 e. The maximum atomic E-state index is 12.4. The van der Waals surface area contributed by atoms with Crippen molar-refractivity contribution in [2.45, 2.75) is 31.7 Å². The highest BCUT2D eigenvalue weighted by atomic mass is 35.5. The van der Waals surface area contributed by atoms with Gasteiger partial charge < -0.3 is 15.3 Å². The van der Waals surface area contributed by atoms with E-state index in [0.29, 0.717) is 19.1 Å². The number of carbonyl (C=O) groups is 1. The van der Waals surface area contributed by atoms with Crippen LogP contribution in [-0.2, 0) is 0 Å². The van der Waals surface area contributed by atoms with Crippen LogP contribution < -0.4 is 5.32 Å². The van der Waals surface area contributed by atoms with Gasteiger partial charge >= 0.3 is 5.69 Å². The summed E-state index contributed by atoms with van der Waals surface area (Å²) in [6, 6.07) is 4.21. The first kappa shape index (κ1) is 18.5. The van der Waals surface area contributed by atoms with Crippen LogP contribution in [0.3, 0.4) is 0 Å². The van der Waals surface area contributed by atoms with Crippen molar-refractivity contribution in [3.8, 4) is 5.75 Å². The Morgan fingerprint density at radius 2 is 1.96 bits per heavy atom. The highest BCUT2D eigenvalue weighted by Crippen LogP contribution is 2.29. The third kappa shape index (κ3) is 4.36. The first-order valence-corrected chi connectivity index (χ1v) is 8.04. The molecule has 1 aliphatic carbocycles. The fourth-order valence-corrected chi connectivity index (χ4v) is 2.94. The zero-order valence-corrected chi connectivity index (χ0v) is 14.1. The number of nitrogens with zero attached hydrogens (tertiary/aromatic N) is 2. The molecule has 2 aliphatic rings. The third-order valence-corrected chi connectivity index (χ3v) is 4.59. The number of phenols is 1. The molecule has 8 heteroatoms. The molecule has 132 valence electrons. The fraction of sp³-hybridized carbons (Fsp3) is 0.562. The Bertz CT molecular complexity index is 613. The summed E-state index contributed by atoms with van der Waals surface area (Å²) < 4.78 is 0. The van der Waals surface area contributed by atoms with Crippen LogP contribution in [0.1, 0.15) is 36.0 Å². The number of rotatable bonds is 5. The standard InChI is InChI=1S/C16H21N3O4.ClH/c20-15-9-12(3-4-14(15)19(22)23)16(21)18-7-5-13(6-8-18)17-10-11-1-2-11;/h3-4,9,11,13,17,20H,1-2,5-8,10H2;1H. The lowest BCUT2D eigenvalue weighted by Gasteiger charge is -2.32. The molecule has 1 heterocycles. The summed E-state index contributed by atoms with van der Waals surface area (Å²) in [5.41, 5.74) is -0.0953. The number of nitro benzene ring substituents is 1. The van der Waals surface area contributed by atoms with Gasteiger partial charge in [0.25, 0.3) is 5.91 Å². The predicted octanol–water partition coefficient (Wildman–Crippen LogP) is 2.33. The highest BCUT2D eigenvalue weighted by Gasteiger charge is 2.27. The monoisotopic (exact) mass is 355 g/mol. The van der Waals surface area contributed by atoms with E-state index in [-0.39, 0.29) is 29.6 Å². The van der Waals surface area contributed by atoms with E-state index in [1.165, 1.54) is 31.0 Å². The number of nitrogens with one attached hydrogen (secondary N) is 1. The largest absolute Gasteiger partial charge is 0.502 e. The lowest BCUT2D eigenvalue weighted by atomic mass is 10.0. The molecule has 7 nitrogen and oxygen atoms in total. The van der Waals surface area contributed by atoms with E-state index in [1.54, 1.807) is 4.90 Å². The smallest absolute Gasteiger partial charge is 0.310 e. The molecule has 0 aromatic heterocycles. The van der Waals surface area contributed by atoms with Crippen molar-refractivity contribution in [2.24, 2.45) is 5.92 Å². The van der Waals surface area contributed by atoms with Gasteiger partial charge in [0.05, 0.1) is 4.92 Å². The molecular formula is C16H22ClN3O4. The summed E-state index contributed by atoms with van der Waals surface area (Å²) in [5, 5.41) is 23.9. The number of likely N-dealkylation sites (tertiary alicyclic amines) is 1. The van der Waals surface area contributed by atoms with Crippen molar-refractivity contribution in [3.63, 3.8) is 0 Å². The van der Waals surface area contributed by atoms with E-state index in [4.69, 9.17) is 0 Å². The van der Waals surface area contributed by atoms with Gasteiger partial charge in [-0.2, -0.15) is 0 Å². The van der Waals surface area contributed by atoms with Crippen LogP contribution in [-0.4, -0.2) is 46.5 Å². The molecule has 1 aromatic rings. The van der Waals surface area contributed by atoms with Crippen LogP contribution in [0.25, 0.3) is 0 Å². The average Bonchev–Trinajstić information content (AvgIpc) is 3.36. The minimum atomic E-state index is -0.666. The molecule has 1 aliphatic heterocycles. The average molecular weight is 356 g/mol. The van der Waals surface area contributed by atoms with Crippen LogP contribution in [0.15, 0.2) is 18.2 Å². The van der Waals surface area contributed by atoms with Crippen LogP contribution >= 0.6 is 12.4 Å². The summed E-state index contributed by atoms with van der Waals surface area (Å²) in [7, 11) is 0. The molecule has 24 heavy (non-hydrogen) atoms. The molecule has 0 spiro atoms. The van der Waals surface area contributed by atoms with Crippen LogP contribution in [0, 0.1) is 16.0 Å². The number of phenolic OH excluding ortho intramolecular Hbond substituents is 1. The Kier molecular flexibility index (Phi) is 6.01. The van der Waals surface area contributed by atoms with Gasteiger partial charge in [0, 0.05) is 30.8 Å². The minimum absolute atomic E-state index is 0. The summed E-state index contributed by atoms with van der Waals surface area (Å²) in [6.45, 7) is 2.41. The second-order valence-corrected chi connectivity index (χ2v) is 6.38. The van der Waals surface area contributed by atoms with Gasteiger partial charge in [-0.25, -0.2) is 0 Å². The molecule has 1 aromatic carbocycles. The molecule has 0 bridgehead atoms. The van der Waals surface area contributed by atoms with Gasteiger partial charge in [-0.3, -0.25) is 14.9 Å². The molecule has 0 atom stereocenters. The number of hydrogen-bond acceptors (Lipinski definition) is 5. The number of piperidine rings is 1. The van der Waals surface area contributed by atoms with Crippen molar-refractivity contribution in [1.29, 1.82) is 0 Å². The van der Waals surface area contributed by atoms with Gasteiger partial charge in [-0.05, 0) is 50.3 Å². The van der Waals surface area contributed by atoms with Crippen molar-refractivity contribution in [2.75, 3.05) is 19.6 Å². The molecule has 2 fully saturated rings. The zero-order chi connectivity index (χ0) is 16.4. The lowest BCUT2D eigenvalue weighted by molar-refractivity contribution is -0.385. The number of hydrogen-bond donors (Lipinski definition) is 2. The van der Waals surface area contributed by atoms with Crippen LogP contribution in [0.4, 0.5) is 5.69 Å². The molecule has 0 unspecified atom stereocenters. The maximum absolute atomic E-state index is 12.4. The zero-order valence-electron chi connectivity index (χ0n) is 13.3. The van der Waals surface area contributed by atoms with E-state index < -0.39 is 10.7 Å². The number of halogens is 1. The van der Waals surface area contributed by atoms with Crippen molar-refractivity contribution < 1.29 is 14.8 Å². The summed E-state index contributed by atoms with van der Waals surface area (Å²) >= 11 is 0. The fourth-order valence-electron chi connectivity index (χ4n) is 2.94. The number of amides is 1. The number of nitro groups is 1. The SMILES string of the molecule is Cl.O=C(c1ccc([N+](=O)[O-])c(O)c1)N1CCC(NCC2CC2)CC1. The van der Waals surface area contributed by atoms with Crippen molar-refractivity contribution >= 4 is 24.0 Å². The summed E-state index contributed by atoms with van der Waals surface area (Å²) in [6.07, 6.45) is 4.48. The van der Waals surface area contributed by atoms with E-state index in [0.717, 1.165) is 25.3 Å². The predicted molar refractivity (Wildman–Crippen MR) is 91.7 cm³/mol.